The van der Waals surface area contributed by atoms with Gasteiger partial charge in [-0.05, 0) is 101 Å². The van der Waals surface area contributed by atoms with Crippen molar-refractivity contribution in [2.75, 3.05) is 0 Å². The Balaban J connectivity index is 1.21. The molecule has 0 aromatic heterocycles. The second-order valence-electron chi connectivity index (χ2n) is 21.0. The van der Waals surface area contributed by atoms with Gasteiger partial charge in [0.15, 0.2) is 11.6 Å². The number of aliphatic carboxylic acids is 1. The van der Waals surface area contributed by atoms with Crippen LogP contribution in [0.15, 0.2) is 42.5 Å². The second kappa shape index (κ2) is 21.2. The highest BCUT2D eigenvalue weighted by Gasteiger charge is 2.63. The number of aliphatic hydroxyl groups is 2. The number of ether oxygens (including phenoxy) is 5. The SMILES string of the molecule is CCC(C(=O)C[C@@H](C)[C@@H](O)[C@H](C)[C@@H]1O[C@@H]([C@@H](CC)C(=O)O)CC[C@@H]1C)[C@H]1O[C@]2(C=CC(NC(=O)C(=O)NCc3ccccc3)[C@]3(CC[C@@](C)([C@H]4CC[C@](O)(CC)[C@H](C)O4)O3)O2)[C@H](C)C[C@@H]1C. The van der Waals surface area contributed by atoms with E-state index in [-0.39, 0.29) is 54.6 Å². The lowest BCUT2D eigenvalue weighted by Crippen LogP contribution is -2.66. The quantitative estimate of drug-likeness (QED) is 0.0841. The summed E-state index contributed by atoms with van der Waals surface area (Å²) in [6.45, 7) is 19.8. The summed E-state index contributed by atoms with van der Waals surface area (Å²) >= 11 is 0. The number of aliphatic hydroxyl groups excluding tert-OH is 1. The van der Waals surface area contributed by atoms with Crippen LogP contribution in [0.4, 0.5) is 0 Å². The van der Waals surface area contributed by atoms with Crippen LogP contribution in [0.1, 0.15) is 145 Å². The fourth-order valence-electron chi connectivity index (χ4n) is 11.9. The Bertz CT molecular complexity index is 1880. The third-order valence-corrected chi connectivity index (χ3v) is 16.5. The van der Waals surface area contributed by atoms with Crippen molar-refractivity contribution in [3.63, 3.8) is 0 Å². The molecule has 5 heterocycles. The number of rotatable bonds is 16. The summed E-state index contributed by atoms with van der Waals surface area (Å²) in [4.78, 5) is 53.4. The van der Waals surface area contributed by atoms with Crippen LogP contribution in [0.3, 0.4) is 0 Å². The van der Waals surface area contributed by atoms with Crippen LogP contribution in [0.25, 0.3) is 0 Å². The lowest BCUT2D eigenvalue weighted by molar-refractivity contribution is -0.398. The molecule has 1 aromatic carbocycles. The molecule has 2 unspecified atom stereocenters. The van der Waals surface area contributed by atoms with E-state index in [1.165, 1.54) is 0 Å². The van der Waals surface area contributed by atoms with E-state index in [2.05, 4.69) is 24.5 Å². The average Bonchev–Trinajstić information content (AvgIpc) is 3.63. The van der Waals surface area contributed by atoms with E-state index in [0.29, 0.717) is 57.8 Å². The number of Topliss-reactive ketones (excluding diaryl/α,β-unsaturated/α-hetero) is 1. The molecule has 5 N–H and O–H groups in total. The largest absolute Gasteiger partial charge is 0.481 e. The lowest BCUT2D eigenvalue weighted by Gasteiger charge is -2.55. The van der Waals surface area contributed by atoms with Crippen molar-refractivity contribution in [2.24, 2.45) is 41.4 Å². The number of hydrogen-bond donors (Lipinski definition) is 5. The van der Waals surface area contributed by atoms with E-state index in [4.69, 9.17) is 23.7 Å². The minimum atomic E-state index is -1.48. The molecule has 6 rings (SSSR count). The molecule has 5 aliphatic rings. The molecule has 0 radical (unpaired) electrons. The van der Waals surface area contributed by atoms with Crippen molar-refractivity contribution in [3.05, 3.63) is 48.0 Å². The van der Waals surface area contributed by atoms with Gasteiger partial charge in [0.1, 0.15) is 11.8 Å². The van der Waals surface area contributed by atoms with Gasteiger partial charge in [-0.3, -0.25) is 19.2 Å². The number of carboxylic acids is 1. The Morgan fingerprint density at radius 1 is 0.848 bits per heavy atom. The first kappa shape index (κ1) is 52.1. The predicted molar refractivity (Wildman–Crippen MR) is 247 cm³/mol. The molecule has 66 heavy (non-hydrogen) atoms. The van der Waals surface area contributed by atoms with Crippen molar-refractivity contribution >= 4 is 23.6 Å². The first-order valence-electron chi connectivity index (χ1n) is 25.0. The van der Waals surface area contributed by atoms with E-state index >= 15 is 0 Å². The highest BCUT2D eigenvalue weighted by atomic mass is 16.8. The third-order valence-electron chi connectivity index (χ3n) is 16.5. The molecule has 14 heteroatoms. The molecule has 18 atom stereocenters. The molecule has 2 amide bonds. The van der Waals surface area contributed by atoms with Crippen molar-refractivity contribution in [2.45, 2.75) is 212 Å². The summed E-state index contributed by atoms with van der Waals surface area (Å²) in [6.07, 6.45) is 6.27. The van der Waals surface area contributed by atoms with Crippen LogP contribution in [-0.2, 0) is 49.4 Å². The van der Waals surface area contributed by atoms with Gasteiger partial charge < -0.3 is 49.6 Å². The minimum Gasteiger partial charge on any atom is -0.481 e. The fourth-order valence-corrected chi connectivity index (χ4v) is 11.9. The number of ketones is 1. The lowest BCUT2D eigenvalue weighted by atomic mass is 9.74. The van der Waals surface area contributed by atoms with E-state index in [9.17, 15) is 34.5 Å². The van der Waals surface area contributed by atoms with Gasteiger partial charge in [0.05, 0.1) is 53.7 Å². The number of benzene rings is 1. The smallest absolute Gasteiger partial charge is 0.309 e. The molecule has 370 valence electrons. The molecular formula is C52H80N2O12. The number of nitrogens with one attached hydrogen (secondary N) is 2. The molecule has 2 spiro atoms. The zero-order valence-corrected chi connectivity index (χ0v) is 41.1. The van der Waals surface area contributed by atoms with Gasteiger partial charge in [0, 0.05) is 37.1 Å². The third kappa shape index (κ3) is 10.8. The number of carbonyl (C=O) groups excluding carboxylic acids is 3. The normalized spacial score (nSPS) is 39.1. The summed E-state index contributed by atoms with van der Waals surface area (Å²) < 4.78 is 34.4. The predicted octanol–water partition coefficient (Wildman–Crippen LogP) is 7.02. The Labute approximate surface area is 392 Å². The molecule has 14 nitrogen and oxygen atoms in total. The number of carbonyl (C=O) groups is 4. The highest BCUT2D eigenvalue weighted by molar-refractivity contribution is 6.35. The van der Waals surface area contributed by atoms with Crippen molar-refractivity contribution in [1.29, 1.82) is 0 Å². The second-order valence-corrected chi connectivity index (χ2v) is 21.0. The first-order valence-corrected chi connectivity index (χ1v) is 25.0. The molecule has 4 saturated heterocycles. The molecular weight excluding hydrogens is 845 g/mol. The van der Waals surface area contributed by atoms with E-state index < -0.39 is 88.8 Å². The van der Waals surface area contributed by atoms with Crippen molar-refractivity contribution < 1.29 is 58.2 Å². The number of hydrogen-bond acceptors (Lipinski definition) is 11. The van der Waals surface area contributed by atoms with Gasteiger partial charge in [-0.2, -0.15) is 0 Å². The zero-order chi connectivity index (χ0) is 48.4. The number of amides is 2. The van der Waals surface area contributed by atoms with Crippen LogP contribution in [0.5, 0.6) is 0 Å². The summed E-state index contributed by atoms with van der Waals surface area (Å²) in [5, 5.41) is 38.5. The summed E-state index contributed by atoms with van der Waals surface area (Å²) in [6, 6.07) is 8.44. The summed E-state index contributed by atoms with van der Waals surface area (Å²) in [5.41, 5.74) is -0.987. The van der Waals surface area contributed by atoms with Crippen LogP contribution in [-0.4, -0.2) is 104 Å². The maximum absolute atomic E-state index is 14.5. The van der Waals surface area contributed by atoms with Gasteiger partial charge >= 0.3 is 17.8 Å². The van der Waals surface area contributed by atoms with Crippen LogP contribution >= 0.6 is 0 Å². The maximum atomic E-state index is 14.5. The van der Waals surface area contributed by atoms with E-state index in [0.717, 1.165) is 12.0 Å². The van der Waals surface area contributed by atoms with Gasteiger partial charge in [0.25, 0.3) is 0 Å². The van der Waals surface area contributed by atoms with Crippen LogP contribution in [0.2, 0.25) is 0 Å². The number of carboxylic acid groups (broad SMARTS) is 1. The average molecular weight is 925 g/mol. The molecule has 1 aromatic rings. The minimum absolute atomic E-state index is 0.0216. The topological polar surface area (TPSA) is 199 Å². The summed E-state index contributed by atoms with van der Waals surface area (Å²) in [7, 11) is 0. The van der Waals surface area contributed by atoms with Gasteiger partial charge in [-0.1, -0.05) is 91.8 Å². The highest BCUT2D eigenvalue weighted by Crippen LogP contribution is 2.54. The van der Waals surface area contributed by atoms with E-state index in [1.807, 2.05) is 97.9 Å². The zero-order valence-electron chi connectivity index (χ0n) is 41.1. The molecule has 5 aliphatic heterocycles. The molecule has 4 fully saturated rings. The maximum Gasteiger partial charge on any atom is 0.309 e. The Morgan fingerprint density at radius 3 is 2.18 bits per heavy atom. The molecule has 0 saturated carbocycles. The van der Waals surface area contributed by atoms with Crippen LogP contribution < -0.4 is 10.6 Å². The first-order chi connectivity index (χ1) is 31.1. The standard InChI is InChI=1S/C52H80N2O12/c1-11-37(39(55)28-31(5)43(56)34(8)44-30(4)19-20-40(63-44)38(12-2)48(59)60)45-32(6)27-33(7)51(64-45)24-21-41(54-47(58)46(57)53-29-36-17-15-14-16-18-36)52(66-51)26-25-49(10,65-52)42-22-23-50(61,13-3)35(9)62-42/h14-18,21,24,30-35,37-38,40-45,56,61H,11-13,19-20,22-23,25-29H2,1-10H3,(H,53,57)(H,54,58)(H,59,60)/t30-,31+,32-,33+,34-,35-,37?,38+,40+,41?,42+,43+,44+,45-,49-,50+,51-,52-/m0/s1. The fraction of sp³-hybridized carbons (Fsp3) is 0.769. The van der Waals surface area contributed by atoms with Crippen LogP contribution in [0, 0.1) is 41.4 Å². The van der Waals surface area contributed by atoms with Gasteiger partial charge in [-0.25, -0.2) is 0 Å². The Kier molecular flexibility index (Phi) is 16.7. The Hall–Kier alpha value is -3.24. The van der Waals surface area contributed by atoms with E-state index in [1.54, 1.807) is 0 Å². The Morgan fingerprint density at radius 2 is 1.55 bits per heavy atom. The summed E-state index contributed by atoms with van der Waals surface area (Å²) in [5.74, 6) is -7.35. The van der Waals surface area contributed by atoms with Gasteiger partial charge in [0.2, 0.25) is 0 Å². The van der Waals surface area contributed by atoms with Gasteiger partial charge in [-0.15, -0.1) is 0 Å². The monoisotopic (exact) mass is 925 g/mol. The molecule has 0 bridgehead atoms. The van der Waals surface area contributed by atoms with Crippen molar-refractivity contribution in [1.82, 2.24) is 10.6 Å². The van der Waals surface area contributed by atoms with Crippen molar-refractivity contribution in [3.8, 4) is 0 Å². The molecule has 0 aliphatic carbocycles.